The van der Waals surface area contributed by atoms with Crippen molar-refractivity contribution >= 4 is 39.1 Å². The van der Waals surface area contributed by atoms with E-state index in [0.717, 1.165) is 46.7 Å². The van der Waals surface area contributed by atoms with Crippen LogP contribution < -0.4 is 9.62 Å². The van der Waals surface area contributed by atoms with E-state index in [2.05, 4.69) is 5.32 Å². The zero-order chi connectivity index (χ0) is 29.6. The lowest BCUT2D eigenvalue weighted by molar-refractivity contribution is -0.140. The minimum atomic E-state index is -4.17. The molecule has 1 atom stereocenters. The molecular formula is C32H38ClN3O4S. The molecule has 0 spiro atoms. The second-order valence-electron chi connectivity index (χ2n) is 10.7. The summed E-state index contributed by atoms with van der Waals surface area (Å²) in [6.07, 6.45) is 4.35. The molecule has 0 bridgehead atoms. The van der Waals surface area contributed by atoms with E-state index in [1.165, 1.54) is 17.0 Å². The summed E-state index contributed by atoms with van der Waals surface area (Å²) in [6, 6.07) is 20.1. The normalized spacial score (nSPS) is 14.4. The molecule has 1 N–H and O–H groups in total. The Labute approximate surface area is 248 Å². The van der Waals surface area contributed by atoms with E-state index < -0.39 is 28.5 Å². The third-order valence-corrected chi connectivity index (χ3v) is 9.63. The molecule has 0 radical (unpaired) electrons. The second kappa shape index (κ2) is 13.5. The first-order valence-electron chi connectivity index (χ1n) is 14.1. The van der Waals surface area contributed by atoms with Crippen molar-refractivity contribution in [2.75, 3.05) is 10.8 Å². The van der Waals surface area contributed by atoms with Crippen LogP contribution in [0.2, 0.25) is 5.02 Å². The van der Waals surface area contributed by atoms with Crippen molar-refractivity contribution in [2.45, 2.75) is 76.4 Å². The van der Waals surface area contributed by atoms with Gasteiger partial charge >= 0.3 is 0 Å². The van der Waals surface area contributed by atoms with Gasteiger partial charge in [-0.05, 0) is 62.9 Å². The highest BCUT2D eigenvalue weighted by Crippen LogP contribution is 2.31. The van der Waals surface area contributed by atoms with Crippen LogP contribution in [0.3, 0.4) is 0 Å². The number of halogens is 1. The average molecular weight is 596 g/mol. The summed E-state index contributed by atoms with van der Waals surface area (Å²) in [7, 11) is -4.17. The Morgan fingerprint density at radius 2 is 1.63 bits per heavy atom. The number of anilines is 1. The van der Waals surface area contributed by atoms with E-state index >= 15 is 0 Å². The van der Waals surface area contributed by atoms with E-state index in [1.54, 1.807) is 36.4 Å². The molecule has 0 heterocycles. The highest BCUT2D eigenvalue weighted by atomic mass is 35.5. The highest BCUT2D eigenvalue weighted by Gasteiger charge is 2.35. The molecule has 1 aliphatic rings. The summed E-state index contributed by atoms with van der Waals surface area (Å²) < 4.78 is 29.0. The quantitative estimate of drug-likeness (QED) is 0.294. The fourth-order valence-corrected chi connectivity index (χ4v) is 7.02. The largest absolute Gasteiger partial charge is 0.352 e. The maximum absolute atomic E-state index is 14.2. The van der Waals surface area contributed by atoms with Crippen molar-refractivity contribution in [3.8, 4) is 0 Å². The van der Waals surface area contributed by atoms with E-state index in [0.29, 0.717) is 6.42 Å². The average Bonchev–Trinajstić information content (AvgIpc) is 3.45. The fraction of sp³-hybridized carbons (Fsp3) is 0.375. The molecule has 0 unspecified atom stereocenters. The monoisotopic (exact) mass is 595 g/mol. The third kappa shape index (κ3) is 7.49. The summed E-state index contributed by atoms with van der Waals surface area (Å²) in [5.41, 5.74) is 2.99. The van der Waals surface area contributed by atoms with Gasteiger partial charge in [0, 0.05) is 12.6 Å². The number of sulfonamides is 1. The number of nitrogens with zero attached hydrogens (tertiary/aromatic N) is 2. The van der Waals surface area contributed by atoms with Gasteiger partial charge in [-0.25, -0.2) is 8.42 Å². The summed E-state index contributed by atoms with van der Waals surface area (Å²) in [6.45, 7) is 5.35. The minimum absolute atomic E-state index is 0.0482. The molecule has 0 aliphatic heterocycles. The molecule has 7 nitrogen and oxygen atoms in total. The van der Waals surface area contributed by atoms with Gasteiger partial charge in [-0.3, -0.25) is 13.9 Å². The van der Waals surface area contributed by atoms with Gasteiger partial charge < -0.3 is 10.2 Å². The lowest BCUT2D eigenvalue weighted by atomic mass is 10.1. The molecule has 3 aromatic carbocycles. The number of nitrogens with one attached hydrogen (secondary N) is 1. The molecule has 2 amide bonds. The molecular weight excluding hydrogens is 558 g/mol. The first-order valence-corrected chi connectivity index (χ1v) is 15.9. The number of aryl methyl sites for hydroxylation is 2. The topological polar surface area (TPSA) is 86.8 Å². The van der Waals surface area contributed by atoms with Crippen molar-refractivity contribution in [2.24, 2.45) is 0 Å². The van der Waals surface area contributed by atoms with Gasteiger partial charge in [0.15, 0.2) is 0 Å². The van der Waals surface area contributed by atoms with Gasteiger partial charge in [0.2, 0.25) is 11.8 Å². The van der Waals surface area contributed by atoms with Gasteiger partial charge in [-0.15, -0.1) is 0 Å². The summed E-state index contributed by atoms with van der Waals surface area (Å²) in [4.78, 5) is 29.3. The Balaban J connectivity index is 1.72. The number of hydrogen-bond acceptors (Lipinski definition) is 4. The minimum Gasteiger partial charge on any atom is -0.352 e. The molecule has 41 heavy (non-hydrogen) atoms. The summed E-state index contributed by atoms with van der Waals surface area (Å²) >= 11 is 6.49. The Morgan fingerprint density at radius 1 is 0.951 bits per heavy atom. The van der Waals surface area contributed by atoms with Crippen LogP contribution >= 0.6 is 11.6 Å². The second-order valence-corrected chi connectivity index (χ2v) is 13.0. The number of carbonyl (C=O) groups is 2. The fourth-order valence-electron chi connectivity index (χ4n) is 5.30. The van der Waals surface area contributed by atoms with Gasteiger partial charge in [0.1, 0.15) is 12.6 Å². The maximum atomic E-state index is 14.2. The molecule has 218 valence electrons. The maximum Gasteiger partial charge on any atom is 0.264 e. The van der Waals surface area contributed by atoms with Crippen LogP contribution in [-0.4, -0.2) is 43.8 Å². The zero-order valence-corrected chi connectivity index (χ0v) is 25.4. The molecule has 3 aromatic rings. The van der Waals surface area contributed by atoms with Crippen molar-refractivity contribution in [1.82, 2.24) is 10.2 Å². The molecule has 1 saturated carbocycles. The standard InChI is InChI=1S/C32H38ClN3O4S/c1-4-29(32(38)34-26-12-5-6-13-26)35(21-25-11-9-10-24(3)20-25)31(37)22-36(30-15-8-7-14-28(30)33)41(39,40)27-18-16-23(2)17-19-27/h7-11,14-20,26,29H,4-6,12-13,21-22H2,1-3H3,(H,34,38)/t29-/m1/s1. The zero-order valence-electron chi connectivity index (χ0n) is 23.8. The molecule has 0 saturated heterocycles. The highest BCUT2D eigenvalue weighted by molar-refractivity contribution is 7.92. The predicted octanol–water partition coefficient (Wildman–Crippen LogP) is 6.02. The predicted molar refractivity (Wildman–Crippen MR) is 163 cm³/mol. The summed E-state index contributed by atoms with van der Waals surface area (Å²) in [5, 5.41) is 3.33. The van der Waals surface area contributed by atoms with Crippen LogP contribution in [0.4, 0.5) is 5.69 Å². The van der Waals surface area contributed by atoms with Crippen LogP contribution in [-0.2, 0) is 26.2 Å². The first kappa shape index (κ1) is 30.6. The Hall–Kier alpha value is -3.36. The Bertz CT molecular complexity index is 1470. The smallest absolute Gasteiger partial charge is 0.264 e. The van der Waals surface area contributed by atoms with Gasteiger partial charge in [0.25, 0.3) is 10.0 Å². The van der Waals surface area contributed by atoms with E-state index in [9.17, 15) is 18.0 Å². The number of para-hydroxylation sites is 1. The number of benzene rings is 3. The summed E-state index contributed by atoms with van der Waals surface area (Å²) in [5.74, 6) is -0.707. The van der Waals surface area contributed by atoms with Crippen molar-refractivity contribution in [3.63, 3.8) is 0 Å². The van der Waals surface area contributed by atoms with Gasteiger partial charge in [-0.2, -0.15) is 0 Å². The Morgan fingerprint density at radius 3 is 2.27 bits per heavy atom. The molecule has 1 aliphatic carbocycles. The number of carbonyl (C=O) groups excluding carboxylic acids is 2. The molecule has 0 aromatic heterocycles. The van der Waals surface area contributed by atoms with Gasteiger partial charge in [-0.1, -0.05) is 91.0 Å². The van der Waals surface area contributed by atoms with Crippen molar-refractivity contribution in [1.29, 1.82) is 0 Å². The van der Waals surface area contributed by atoms with Crippen LogP contribution in [0, 0.1) is 13.8 Å². The van der Waals surface area contributed by atoms with E-state index in [-0.39, 0.29) is 34.1 Å². The molecule has 9 heteroatoms. The third-order valence-electron chi connectivity index (χ3n) is 7.53. The van der Waals surface area contributed by atoms with Crippen LogP contribution in [0.5, 0.6) is 0 Å². The van der Waals surface area contributed by atoms with Crippen molar-refractivity contribution < 1.29 is 18.0 Å². The lowest BCUT2D eigenvalue weighted by Gasteiger charge is -2.34. The van der Waals surface area contributed by atoms with Crippen LogP contribution in [0.1, 0.15) is 55.7 Å². The SMILES string of the molecule is CC[C@H](C(=O)NC1CCCC1)N(Cc1cccc(C)c1)C(=O)CN(c1ccccc1Cl)S(=O)(=O)c1ccc(C)cc1. The number of amides is 2. The molecule has 1 fully saturated rings. The van der Waals surface area contributed by atoms with Crippen LogP contribution in [0.15, 0.2) is 77.7 Å². The van der Waals surface area contributed by atoms with Gasteiger partial charge in [0.05, 0.1) is 15.6 Å². The number of rotatable bonds is 11. The number of hydrogen-bond donors (Lipinski definition) is 1. The molecule has 4 rings (SSSR count). The van der Waals surface area contributed by atoms with E-state index in [4.69, 9.17) is 11.6 Å². The van der Waals surface area contributed by atoms with Crippen LogP contribution in [0.25, 0.3) is 0 Å². The first-order chi connectivity index (χ1) is 19.6. The van der Waals surface area contributed by atoms with Crippen molar-refractivity contribution in [3.05, 3.63) is 94.5 Å². The lowest BCUT2D eigenvalue weighted by Crippen LogP contribution is -2.53. The Kier molecular flexibility index (Phi) is 10.1. The van der Waals surface area contributed by atoms with E-state index in [1.807, 2.05) is 45.0 Å².